The van der Waals surface area contributed by atoms with Gasteiger partial charge in [0.05, 0.1) is 13.5 Å². The van der Waals surface area contributed by atoms with Crippen LogP contribution in [0.4, 0.5) is 5.69 Å². The number of nitrogens with one attached hydrogen (secondary N) is 1. The molecule has 0 aliphatic heterocycles. The van der Waals surface area contributed by atoms with E-state index in [4.69, 9.17) is 22.1 Å². The van der Waals surface area contributed by atoms with Crippen molar-refractivity contribution in [2.75, 3.05) is 12.4 Å². The lowest BCUT2D eigenvalue weighted by Gasteiger charge is -2.08. The Balaban J connectivity index is 2.02. The van der Waals surface area contributed by atoms with Crippen LogP contribution in [0.2, 0.25) is 5.02 Å². The third-order valence-electron chi connectivity index (χ3n) is 3.06. The predicted octanol–water partition coefficient (Wildman–Crippen LogP) is 2.63. The number of carbonyl (C=O) groups is 2. The van der Waals surface area contributed by atoms with Gasteiger partial charge in [-0.2, -0.15) is 0 Å². The van der Waals surface area contributed by atoms with E-state index >= 15 is 0 Å². The van der Waals surface area contributed by atoms with Crippen molar-refractivity contribution in [2.24, 2.45) is 5.73 Å². The Morgan fingerprint density at radius 3 is 2.41 bits per heavy atom. The third-order valence-corrected chi connectivity index (χ3v) is 3.42. The summed E-state index contributed by atoms with van der Waals surface area (Å²) in [6.07, 6.45) is 0.139. The molecule has 0 saturated carbocycles. The molecule has 0 aliphatic rings. The van der Waals surface area contributed by atoms with E-state index < -0.39 is 5.91 Å². The fourth-order valence-electron chi connectivity index (χ4n) is 1.89. The maximum atomic E-state index is 12.0. The molecule has 3 N–H and O–H groups in total. The van der Waals surface area contributed by atoms with Crippen molar-refractivity contribution in [3.8, 4) is 5.75 Å². The van der Waals surface area contributed by atoms with E-state index in [1.807, 2.05) is 0 Å². The van der Waals surface area contributed by atoms with Crippen molar-refractivity contribution >= 4 is 29.1 Å². The lowest BCUT2D eigenvalue weighted by atomic mass is 10.1. The van der Waals surface area contributed by atoms with Gasteiger partial charge in [0.1, 0.15) is 5.75 Å². The number of rotatable bonds is 5. The Morgan fingerprint density at radius 1 is 1.18 bits per heavy atom. The summed E-state index contributed by atoms with van der Waals surface area (Å²) in [5, 5.41) is 3.20. The molecule has 2 aromatic carbocycles. The Bertz CT molecular complexity index is 699. The standard InChI is InChI=1S/C16H15ClN2O3/c1-22-13-7-4-11(14(17)9-13)8-15(20)19-12-5-2-10(3-6-12)16(18)21/h2-7,9H,8H2,1H3,(H2,18,21)(H,19,20). The van der Waals surface area contributed by atoms with Crippen LogP contribution in [0, 0.1) is 0 Å². The molecule has 2 aromatic rings. The summed E-state index contributed by atoms with van der Waals surface area (Å²) in [6.45, 7) is 0. The van der Waals surface area contributed by atoms with Gasteiger partial charge < -0.3 is 15.8 Å². The average molecular weight is 319 g/mol. The number of benzene rings is 2. The lowest BCUT2D eigenvalue weighted by Crippen LogP contribution is -2.15. The van der Waals surface area contributed by atoms with E-state index in [0.717, 1.165) is 0 Å². The molecule has 0 saturated heterocycles. The third kappa shape index (κ3) is 3.99. The summed E-state index contributed by atoms with van der Waals surface area (Å²) >= 11 is 6.10. The van der Waals surface area contributed by atoms with Crippen molar-refractivity contribution in [3.63, 3.8) is 0 Å². The van der Waals surface area contributed by atoms with Crippen LogP contribution in [0.15, 0.2) is 42.5 Å². The molecule has 2 amide bonds. The molecule has 0 aromatic heterocycles. The van der Waals surface area contributed by atoms with Gasteiger partial charge in [-0.3, -0.25) is 9.59 Å². The highest BCUT2D eigenvalue weighted by atomic mass is 35.5. The minimum absolute atomic E-state index is 0.139. The minimum atomic E-state index is -0.511. The van der Waals surface area contributed by atoms with Crippen LogP contribution in [0.1, 0.15) is 15.9 Å². The van der Waals surface area contributed by atoms with Crippen LogP contribution < -0.4 is 15.8 Å². The van der Waals surface area contributed by atoms with E-state index in [2.05, 4.69) is 5.32 Å². The van der Waals surface area contributed by atoms with Crippen molar-refractivity contribution in [3.05, 3.63) is 58.6 Å². The monoisotopic (exact) mass is 318 g/mol. The molecular weight excluding hydrogens is 304 g/mol. The normalized spacial score (nSPS) is 10.1. The van der Waals surface area contributed by atoms with Crippen LogP contribution in [-0.4, -0.2) is 18.9 Å². The fourth-order valence-corrected chi connectivity index (χ4v) is 2.13. The fraction of sp³-hybridized carbons (Fsp3) is 0.125. The van der Waals surface area contributed by atoms with Crippen LogP contribution >= 0.6 is 11.6 Å². The zero-order chi connectivity index (χ0) is 16.1. The van der Waals surface area contributed by atoms with Gasteiger partial charge in [0, 0.05) is 16.3 Å². The van der Waals surface area contributed by atoms with Gasteiger partial charge in [0.2, 0.25) is 11.8 Å². The second kappa shape index (κ2) is 6.95. The van der Waals surface area contributed by atoms with E-state index in [1.165, 1.54) is 0 Å². The number of hydrogen-bond acceptors (Lipinski definition) is 3. The first kappa shape index (κ1) is 15.9. The summed E-state index contributed by atoms with van der Waals surface area (Å²) in [4.78, 5) is 23.0. The van der Waals surface area contributed by atoms with E-state index in [-0.39, 0.29) is 12.3 Å². The first-order valence-electron chi connectivity index (χ1n) is 6.51. The quantitative estimate of drug-likeness (QED) is 0.889. The minimum Gasteiger partial charge on any atom is -0.497 e. The highest BCUT2D eigenvalue weighted by molar-refractivity contribution is 6.31. The number of amides is 2. The Morgan fingerprint density at radius 2 is 1.86 bits per heavy atom. The maximum absolute atomic E-state index is 12.0. The van der Waals surface area contributed by atoms with Crippen molar-refractivity contribution in [1.29, 1.82) is 0 Å². The summed E-state index contributed by atoms with van der Waals surface area (Å²) < 4.78 is 5.06. The van der Waals surface area contributed by atoms with Crippen molar-refractivity contribution in [2.45, 2.75) is 6.42 Å². The van der Waals surface area contributed by atoms with Crippen LogP contribution in [-0.2, 0) is 11.2 Å². The van der Waals surface area contributed by atoms with Gasteiger partial charge in [0.15, 0.2) is 0 Å². The topological polar surface area (TPSA) is 81.4 Å². The largest absolute Gasteiger partial charge is 0.497 e. The molecular formula is C16H15ClN2O3. The van der Waals surface area contributed by atoms with Crippen molar-refractivity contribution < 1.29 is 14.3 Å². The lowest BCUT2D eigenvalue weighted by molar-refractivity contribution is -0.115. The molecule has 0 spiro atoms. The van der Waals surface area contributed by atoms with E-state index in [0.29, 0.717) is 27.6 Å². The van der Waals surface area contributed by atoms with E-state index in [9.17, 15) is 9.59 Å². The SMILES string of the molecule is COc1ccc(CC(=O)Nc2ccc(C(N)=O)cc2)c(Cl)c1. The Labute approximate surface area is 133 Å². The smallest absolute Gasteiger partial charge is 0.248 e. The second-order valence-electron chi connectivity index (χ2n) is 4.62. The number of ether oxygens (including phenoxy) is 1. The van der Waals surface area contributed by atoms with Gasteiger partial charge in [-0.1, -0.05) is 17.7 Å². The summed E-state index contributed by atoms with van der Waals surface area (Å²) in [7, 11) is 1.55. The predicted molar refractivity (Wildman–Crippen MR) is 85.3 cm³/mol. The van der Waals surface area contributed by atoms with Crippen molar-refractivity contribution in [1.82, 2.24) is 0 Å². The number of primary amides is 1. The first-order chi connectivity index (χ1) is 10.5. The molecule has 0 atom stereocenters. The summed E-state index contributed by atoms with van der Waals surface area (Å²) in [6, 6.07) is 11.5. The first-order valence-corrected chi connectivity index (χ1v) is 6.89. The van der Waals surface area contributed by atoms with Gasteiger partial charge in [-0.15, -0.1) is 0 Å². The number of carbonyl (C=O) groups excluding carboxylic acids is 2. The highest BCUT2D eigenvalue weighted by Gasteiger charge is 2.09. The van der Waals surface area contributed by atoms with E-state index in [1.54, 1.807) is 49.6 Å². The Kier molecular flexibility index (Phi) is 5.01. The summed E-state index contributed by atoms with van der Waals surface area (Å²) in [5.74, 6) is -0.0852. The maximum Gasteiger partial charge on any atom is 0.248 e. The highest BCUT2D eigenvalue weighted by Crippen LogP contribution is 2.23. The van der Waals surface area contributed by atoms with Gasteiger partial charge in [-0.25, -0.2) is 0 Å². The van der Waals surface area contributed by atoms with Gasteiger partial charge >= 0.3 is 0 Å². The van der Waals surface area contributed by atoms with Gasteiger partial charge in [0.25, 0.3) is 0 Å². The molecule has 22 heavy (non-hydrogen) atoms. The second-order valence-corrected chi connectivity index (χ2v) is 5.03. The molecule has 0 heterocycles. The zero-order valence-corrected chi connectivity index (χ0v) is 12.7. The number of hydrogen-bond donors (Lipinski definition) is 2. The Hall–Kier alpha value is -2.53. The van der Waals surface area contributed by atoms with Crippen LogP contribution in [0.25, 0.3) is 0 Å². The average Bonchev–Trinajstić information content (AvgIpc) is 2.49. The molecule has 0 fully saturated rings. The number of nitrogens with two attached hydrogens (primary N) is 1. The van der Waals surface area contributed by atoms with Crippen LogP contribution in [0.5, 0.6) is 5.75 Å². The molecule has 0 unspecified atom stereocenters. The van der Waals surface area contributed by atoms with Gasteiger partial charge in [-0.05, 0) is 42.0 Å². The number of methoxy groups -OCH3 is 1. The molecule has 114 valence electrons. The number of halogens is 1. The molecule has 5 nitrogen and oxygen atoms in total. The van der Waals surface area contributed by atoms with Crippen LogP contribution in [0.3, 0.4) is 0 Å². The summed E-state index contributed by atoms with van der Waals surface area (Å²) in [5.41, 5.74) is 6.83. The zero-order valence-electron chi connectivity index (χ0n) is 11.9. The molecule has 6 heteroatoms. The molecule has 0 radical (unpaired) electrons. The molecule has 0 bridgehead atoms. The molecule has 0 aliphatic carbocycles. The molecule has 2 rings (SSSR count). The number of anilines is 1.